The maximum absolute atomic E-state index is 13.2. The predicted octanol–water partition coefficient (Wildman–Crippen LogP) is 1.96. The van der Waals surface area contributed by atoms with Gasteiger partial charge in [-0.25, -0.2) is 9.78 Å². The van der Waals surface area contributed by atoms with Crippen molar-refractivity contribution in [3.63, 3.8) is 0 Å². The highest BCUT2D eigenvalue weighted by atomic mass is 16.6. The molecule has 1 aromatic carbocycles. The van der Waals surface area contributed by atoms with Gasteiger partial charge in [0.1, 0.15) is 24.0 Å². The minimum atomic E-state index is -1.86. The van der Waals surface area contributed by atoms with Gasteiger partial charge in [-0.2, -0.15) is 5.26 Å². The van der Waals surface area contributed by atoms with Crippen molar-refractivity contribution in [3.05, 3.63) is 56.9 Å². The lowest BCUT2D eigenvalue weighted by Crippen LogP contribution is -2.44. The van der Waals surface area contributed by atoms with E-state index < -0.39 is 11.6 Å². The molecule has 2 aromatic heterocycles. The molecular formula is C22H17N3O5. The highest BCUT2D eigenvalue weighted by Gasteiger charge is 2.45. The van der Waals surface area contributed by atoms with Crippen molar-refractivity contribution < 1.29 is 19.4 Å². The van der Waals surface area contributed by atoms with E-state index in [1.54, 1.807) is 29.7 Å². The molecule has 0 unspecified atom stereocenters. The molecule has 0 amide bonds. The van der Waals surface area contributed by atoms with Crippen molar-refractivity contribution in [2.75, 3.05) is 7.11 Å². The normalized spacial score (nSPS) is 18.9. The Labute approximate surface area is 170 Å². The molecule has 0 saturated carbocycles. The van der Waals surface area contributed by atoms with Crippen molar-refractivity contribution >= 4 is 16.9 Å². The van der Waals surface area contributed by atoms with Gasteiger partial charge in [0.2, 0.25) is 0 Å². The fourth-order valence-electron chi connectivity index (χ4n) is 4.32. The van der Waals surface area contributed by atoms with Crippen LogP contribution in [0.25, 0.3) is 22.3 Å². The largest absolute Gasteiger partial charge is 0.495 e. The van der Waals surface area contributed by atoms with Crippen LogP contribution in [0.3, 0.4) is 0 Å². The van der Waals surface area contributed by atoms with Gasteiger partial charge in [-0.05, 0) is 30.7 Å². The third-order valence-corrected chi connectivity index (χ3v) is 5.98. The van der Waals surface area contributed by atoms with Crippen LogP contribution in [-0.4, -0.2) is 27.7 Å². The van der Waals surface area contributed by atoms with Gasteiger partial charge in [0.25, 0.3) is 5.56 Å². The van der Waals surface area contributed by atoms with Crippen LogP contribution in [0.2, 0.25) is 0 Å². The molecule has 8 heteroatoms. The molecular weight excluding hydrogens is 386 g/mol. The summed E-state index contributed by atoms with van der Waals surface area (Å²) in [6.07, 6.45) is 0.0883. The lowest BCUT2D eigenvalue weighted by molar-refractivity contribution is -0.172. The Balaban J connectivity index is 1.79. The molecule has 0 spiro atoms. The van der Waals surface area contributed by atoms with E-state index in [2.05, 4.69) is 6.07 Å². The van der Waals surface area contributed by atoms with E-state index in [0.29, 0.717) is 33.6 Å². The standard InChI is InChI=1S/C22H17N3O5/c1-3-22(28)15-7-17-19-11(9-25(17)20(26)14(15)10-30-21(22)27)6-12-13(8-23)18(29-2)5-4-16(12)24-19/h4-7,28H,3,9-10H2,1-2H3/t22-/m0/s1. The molecule has 5 rings (SSSR count). The third-order valence-electron chi connectivity index (χ3n) is 5.98. The lowest BCUT2D eigenvalue weighted by atomic mass is 9.86. The molecule has 0 saturated heterocycles. The Morgan fingerprint density at radius 2 is 2.17 bits per heavy atom. The van der Waals surface area contributed by atoms with E-state index in [1.807, 2.05) is 6.07 Å². The number of aromatic nitrogens is 2. The first-order chi connectivity index (χ1) is 14.4. The summed E-state index contributed by atoms with van der Waals surface area (Å²) < 4.78 is 11.9. The number of nitrogens with zero attached hydrogens (tertiary/aromatic N) is 3. The Morgan fingerprint density at radius 3 is 2.87 bits per heavy atom. The Morgan fingerprint density at radius 1 is 1.37 bits per heavy atom. The summed E-state index contributed by atoms with van der Waals surface area (Å²) in [7, 11) is 1.50. The number of fused-ring (bicyclic) bond motifs is 5. The molecule has 3 aromatic rings. The molecule has 2 aliphatic heterocycles. The molecule has 150 valence electrons. The molecule has 0 radical (unpaired) electrons. The number of benzene rings is 1. The van der Waals surface area contributed by atoms with Gasteiger partial charge in [0.15, 0.2) is 5.60 Å². The first kappa shape index (κ1) is 18.3. The number of esters is 1. The summed E-state index contributed by atoms with van der Waals surface area (Å²) in [6, 6.07) is 9.11. The summed E-state index contributed by atoms with van der Waals surface area (Å²) in [5.74, 6) is -0.295. The van der Waals surface area contributed by atoms with Gasteiger partial charge in [0, 0.05) is 16.5 Å². The number of nitriles is 1. The monoisotopic (exact) mass is 403 g/mol. The van der Waals surface area contributed by atoms with Crippen LogP contribution in [0.15, 0.2) is 29.1 Å². The van der Waals surface area contributed by atoms with E-state index in [1.165, 1.54) is 7.11 Å². The van der Waals surface area contributed by atoms with E-state index in [9.17, 15) is 20.0 Å². The van der Waals surface area contributed by atoms with Crippen molar-refractivity contribution in [2.45, 2.75) is 32.1 Å². The molecule has 1 N–H and O–H groups in total. The molecule has 0 aliphatic carbocycles. The van der Waals surface area contributed by atoms with E-state index in [-0.39, 0.29) is 36.3 Å². The van der Waals surface area contributed by atoms with Crippen molar-refractivity contribution in [1.29, 1.82) is 5.26 Å². The fourth-order valence-corrected chi connectivity index (χ4v) is 4.32. The van der Waals surface area contributed by atoms with E-state index in [0.717, 1.165) is 5.56 Å². The first-order valence-corrected chi connectivity index (χ1v) is 9.50. The predicted molar refractivity (Wildman–Crippen MR) is 106 cm³/mol. The number of carbonyl (C=O) groups is 1. The molecule has 30 heavy (non-hydrogen) atoms. The quantitative estimate of drug-likeness (QED) is 0.509. The number of hydrogen-bond acceptors (Lipinski definition) is 7. The third kappa shape index (κ3) is 2.21. The van der Waals surface area contributed by atoms with Crippen LogP contribution < -0.4 is 10.3 Å². The summed E-state index contributed by atoms with van der Waals surface area (Å²) in [6.45, 7) is 1.77. The van der Waals surface area contributed by atoms with Crippen LogP contribution in [-0.2, 0) is 28.3 Å². The average Bonchev–Trinajstić information content (AvgIpc) is 3.12. The zero-order valence-electron chi connectivity index (χ0n) is 16.4. The maximum Gasteiger partial charge on any atom is 0.343 e. The topological polar surface area (TPSA) is 114 Å². The number of ether oxygens (including phenoxy) is 2. The Kier molecular flexibility index (Phi) is 3.76. The minimum Gasteiger partial charge on any atom is -0.495 e. The second kappa shape index (κ2) is 6.15. The van der Waals surface area contributed by atoms with Crippen molar-refractivity contribution in [3.8, 4) is 23.2 Å². The van der Waals surface area contributed by atoms with Gasteiger partial charge in [-0.1, -0.05) is 6.92 Å². The molecule has 0 bridgehead atoms. The second-order valence-electron chi connectivity index (χ2n) is 7.42. The van der Waals surface area contributed by atoms with E-state index >= 15 is 0 Å². The van der Waals surface area contributed by atoms with Crippen LogP contribution in [0.4, 0.5) is 0 Å². The molecule has 4 heterocycles. The maximum atomic E-state index is 13.2. The first-order valence-electron chi connectivity index (χ1n) is 9.50. The molecule has 0 fully saturated rings. The number of aliphatic hydroxyl groups is 1. The van der Waals surface area contributed by atoms with Gasteiger partial charge < -0.3 is 19.1 Å². The SMILES string of the molecule is CC[C@@]1(O)C(=O)OCc2c1cc1n(c2=O)Cc2cc3c(C#N)c(OC)ccc3nc2-1. The zero-order valence-corrected chi connectivity index (χ0v) is 16.4. The molecule has 1 atom stereocenters. The number of rotatable bonds is 2. The lowest BCUT2D eigenvalue weighted by Gasteiger charge is -2.31. The number of pyridine rings is 2. The highest BCUT2D eigenvalue weighted by Crippen LogP contribution is 2.39. The molecule has 8 nitrogen and oxygen atoms in total. The van der Waals surface area contributed by atoms with Crippen molar-refractivity contribution in [1.82, 2.24) is 9.55 Å². The van der Waals surface area contributed by atoms with Gasteiger partial charge >= 0.3 is 5.97 Å². The van der Waals surface area contributed by atoms with Crippen LogP contribution in [0.1, 0.15) is 35.6 Å². The fraction of sp³-hybridized carbons (Fsp3) is 0.273. The number of methoxy groups -OCH3 is 1. The Hall–Kier alpha value is -3.70. The minimum absolute atomic E-state index is 0.0883. The van der Waals surface area contributed by atoms with Crippen LogP contribution >= 0.6 is 0 Å². The van der Waals surface area contributed by atoms with Gasteiger partial charge in [-0.3, -0.25) is 4.79 Å². The van der Waals surface area contributed by atoms with Crippen molar-refractivity contribution in [2.24, 2.45) is 0 Å². The van der Waals surface area contributed by atoms with Gasteiger partial charge in [0.05, 0.1) is 36.1 Å². The summed E-state index contributed by atoms with van der Waals surface area (Å²) in [5.41, 5.74) is 1.26. The number of hydrogen-bond donors (Lipinski definition) is 1. The summed E-state index contributed by atoms with van der Waals surface area (Å²) in [4.78, 5) is 30.1. The second-order valence-corrected chi connectivity index (χ2v) is 7.42. The Bertz CT molecular complexity index is 1370. The van der Waals surface area contributed by atoms with Crippen LogP contribution in [0.5, 0.6) is 5.75 Å². The summed E-state index contributed by atoms with van der Waals surface area (Å²) >= 11 is 0. The number of carbonyl (C=O) groups excluding carboxylic acids is 1. The average molecular weight is 403 g/mol. The van der Waals surface area contributed by atoms with E-state index in [4.69, 9.17) is 14.5 Å². The highest BCUT2D eigenvalue weighted by molar-refractivity contribution is 5.91. The zero-order chi connectivity index (χ0) is 21.2. The number of cyclic esters (lactones) is 1. The smallest absolute Gasteiger partial charge is 0.343 e. The van der Waals surface area contributed by atoms with Crippen LogP contribution in [0, 0.1) is 11.3 Å². The summed E-state index contributed by atoms with van der Waals surface area (Å²) in [5, 5.41) is 21.1. The van der Waals surface area contributed by atoms with Gasteiger partial charge in [-0.15, -0.1) is 0 Å². The molecule has 2 aliphatic rings.